The molecule has 0 saturated heterocycles. The summed E-state index contributed by atoms with van der Waals surface area (Å²) in [4.78, 5) is 29.9. The van der Waals surface area contributed by atoms with Crippen molar-refractivity contribution in [2.24, 2.45) is 0 Å². The number of benzene rings is 3. The molecule has 0 saturated carbocycles. The van der Waals surface area contributed by atoms with Gasteiger partial charge in [-0.1, -0.05) is 48.0 Å². The number of hydrogen-bond donors (Lipinski definition) is 0. The minimum atomic E-state index is -2.96. The molecular weight excluding hydrogens is 452 g/mol. The highest BCUT2D eigenvalue weighted by atomic mass is 35.5. The van der Waals surface area contributed by atoms with Crippen LogP contribution in [0.25, 0.3) is 22.2 Å². The molecule has 0 bridgehead atoms. The summed E-state index contributed by atoms with van der Waals surface area (Å²) in [5.74, 6) is -1.27. The van der Waals surface area contributed by atoms with E-state index in [2.05, 4.69) is 9.72 Å². The Morgan fingerprint density at radius 3 is 2.36 bits per heavy atom. The van der Waals surface area contributed by atoms with E-state index in [-0.39, 0.29) is 16.9 Å². The van der Waals surface area contributed by atoms with Crippen molar-refractivity contribution in [2.45, 2.75) is 6.61 Å². The first kappa shape index (κ1) is 22.4. The maximum atomic E-state index is 12.9. The average molecular weight is 468 g/mol. The van der Waals surface area contributed by atoms with E-state index in [1.165, 1.54) is 24.3 Å². The Morgan fingerprint density at radius 2 is 1.64 bits per heavy atom. The van der Waals surface area contributed by atoms with Gasteiger partial charge in [0.1, 0.15) is 5.75 Å². The number of nitrogens with zero attached hydrogens (tertiary/aromatic N) is 1. The standard InChI is InChI=1S/C25H16ClF2NO4/c26-20-7-3-1-6-18(20)22-13-19(17-5-2-4-8-21(17)29-22)24(31)32-14-23(30)15-9-11-16(12-10-15)33-25(27)28/h1-13,25H,14H2. The zero-order chi connectivity index (χ0) is 23.4. The lowest BCUT2D eigenvalue weighted by molar-refractivity contribution is -0.0498. The van der Waals surface area contributed by atoms with Gasteiger partial charge in [-0.15, -0.1) is 0 Å². The van der Waals surface area contributed by atoms with Crippen LogP contribution in [0.15, 0.2) is 78.9 Å². The van der Waals surface area contributed by atoms with E-state index in [4.69, 9.17) is 16.3 Å². The SMILES string of the molecule is O=C(COC(=O)c1cc(-c2ccccc2Cl)nc2ccccc12)c1ccc(OC(F)F)cc1. The fourth-order valence-electron chi connectivity index (χ4n) is 3.27. The lowest BCUT2D eigenvalue weighted by atomic mass is 10.0. The maximum absolute atomic E-state index is 12.9. The van der Waals surface area contributed by atoms with Crippen LogP contribution in [-0.4, -0.2) is 30.0 Å². The normalized spacial score (nSPS) is 10.9. The van der Waals surface area contributed by atoms with E-state index in [1.54, 1.807) is 48.5 Å². The van der Waals surface area contributed by atoms with E-state index in [0.29, 0.717) is 27.2 Å². The number of ketones is 1. The Balaban J connectivity index is 1.56. The topological polar surface area (TPSA) is 65.5 Å². The van der Waals surface area contributed by atoms with Gasteiger partial charge in [0, 0.05) is 21.5 Å². The van der Waals surface area contributed by atoms with E-state index < -0.39 is 25.0 Å². The molecule has 4 aromatic rings. The van der Waals surface area contributed by atoms with Gasteiger partial charge in [-0.25, -0.2) is 9.78 Å². The van der Waals surface area contributed by atoms with Crippen molar-refractivity contribution in [1.82, 2.24) is 4.98 Å². The van der Waals surface area contributed by atoms with Crippen LogP contribution in [-0.2, 0) is 4.74 Å². The third kappa shape index (κ3) is 5.15. The second-order valence-electron chi connectivity index (χ2n) is 6.95. The molecule has 5 nitrogen and oxygen atoms in total. The van der Waals surface area contributed by atoms with E-state index in [0.717, 1.165) is 0 Å². The number of halogens is 3. The number of alkyl halides is 2. The minimum Gasteiger partial charge on any atom is -0.454 e. The number of hydrogen-bond acceptors (Lipinski definition) is 5. The number of Topliss-reactive ketones (excluding diaryl/α,β-unsaturated/α-hetero) is 1. The molecule has 166 valence electrons. The summed E-state index contributed by atoms with van der Waals surface area (Å²) in [5.41, 5.74) is 2.15. The highest BCUT2D eigenvalue weighted by Crippen LogP contribution is 2.30. The van der Waals surface area contributed by atoms with E-state index in [9.17, 15) is 18.4 Å². The molecule has 0 amide bonds. The van der Waals surface area contributed by atoms with Crippen LogP contribution in [0.5, 0.6) is 5.75 Å². The quantitative estimate of drug-likeness (QED) is 0.239. The third-order valence-electron chi connectivity index (χ3n) is 4.82. The zero-order valence-electron chi connectivity index (χ0n) is 17.0. The number of carbonyl (C=O) groups is 2. The van der Waals surface area contributed by atoms with Crippen LogP contribution in [0.2, 0.25) is 5.02 Å². The lowest BCUT2D eigenvalue weighted by Gasteiger charge is -2.11. The first-order chi connectivity index (χ1) is 15.9. The van der Waals surface area contributed by atoms with Crippen LogP contribution in [0.3, 0.4) is 0 Å². The molecular formula is C25H16ClF2NO4. The lowest BCUT2D eigenvalue weighted by Crippen LogP contribution is -2.15. The zero-order valence-corrected chi connectivity index (χ0v) is 17.8. The maximum Gasteiger partial charge on any atom is 0.387 e. The molecule has 0 aliphatic carbocycles. The first-order valence-electron chi connectivity index (χ1n) is 9.82. The van der Waals surface area contributed by atoms with Crippen molar-refractivity contribution in [3.05, 3.63) is 95.0 Å². The molecule has 0 unspecified atom stereocenters. The Morgan fingerprint density at radius 1 is 0.939 bits per heavy atom. The Kier molecular flexibility index (Phi) is 6.60. The number of esters is 1. The van der Waals surface area contributed by atoms with Crippen molar-refractivity contribution in [2.75, 3.05) is 6.61 Å². The summed E-state index contributed by atoms with van der Waals surface area (Å²) in [6.07, 6.45) is 0. The molecule has 1 heterocycles. The van der Waals surface area contributed by atoms with Crippen molar-refractivity contribution >= 4 is 34.3 Å². The number of rotatable bonds is 7. The summed E-state index contributed by atoms with van der Waals surface area (Å²) in [5, 5.41) is 1.05. The van der Waals surface area contributed by atoms with Crippen LogP contribution >= 0.6 is 11.6 Å². The molecule has 0 spiro atoms. The Bertz CT molecular complexity index is 1330. The van der Waals surface area contributed by atoms with Gasteiger partial charge in [0.2, 0.25) is 0 Å². The first-order valence-corrected chi connectivity index (χ1v) is 10.2. The molecule has 8 heteroatoms. The molecule has 0 aliphatic heterocycles. The third-order valence-corrected chi connectivity index (χ3v) is 5.15. The van der Waals surface area contributed by atoms with Gasteiger partial charge >= 0.3 is 12.6 Å². The van der Waals surface area contributed by atoms with Gasteiger partial charge in [-0.05, 0) is 42.5 Å². The molecule has 0 atom stereocenters. The highest BCUT2D eigenvalue weighted by molar-refractivity contribution is 6.33. The van der Waals surface area contributed by atoms with Gasteiger partial charge in [-0.2, -0.15) is 8.78 Å². The van der Waals surface area contributed by atoms with Crippen molar-refractivity contribution in [1.29, 1.82) is 0 Å². The summed E-state index contributed by atoms with van der Waals surface area (Å²) >= 11 is 6.30. The summed E-state index contributed by atoms with van der Waals surface area (Å²) in [6.45, 7) is -3.48. The largest absolute Gasteiger partial charge is 0.454 e. The Hall–Kier alpha value is -3.84. The average Bonchev–Trinajstić information content (AvgIpc) is 2.82. The monoisotopic (exact) mass is 467 g/mol. The highest BCUT2D eigenvalue weighted by Gasteiger charge is 2.18. The predicted molar refractivity (Wildman–Crippen MR) is 120 cm³/mol. The number of fused-ring (bicyclic) bond motifs is 1. The smallest absolute Gasteiger partial charge is 0.387 e. The second kappa shape index (κ2) is 9.75. The van der Waals surface area contributed by atoms with Crippen molar-refractivity contribution < 1.29 is 27.8 Å². The number of aromatic nitrogens is 1. The summed E-state index contributed by atoms with van der Waals surface area (Å²) in [6, 6.07) is 20.9. The van der Waals surface area contributed by atoms with Gasteiger partial charge in [0.15, 0.2) is 12.4 Å². The number of ether oxygens (including phenoxy) is 2. The van der Waals surface area contributed by atoms with E-state index >= 15 is 0 Å². The van der Waals surface area contributed by atoms with Gasteiger partial charge in [0.25, 0.3) is 0 Å². The molecule has 0 radical (unpaired) electrons. The van der Waals surface area contributed by atoms with Gasteiger partial charge in [0.05, 0.1) is 16.8 Å². The molecule has 3 aromatic carbocycles. The van der Waals surface area contributed by atoms with Crippen LogP contribution in [0.4, 0.5) is 8.78 Å². The second-order valence-corrected chi connectivity index (χ2v) is 7.36. The molecule has 0 N–H and O–H groups in total. The van der Waals surface area contributed by atoms with Crippen molar-refractivity contribution in [3.63, 3.8) is 0 Å². The van der Waals surface area contributed by atoms with Crippen LogP contribution in [0.1, 0.15) is 20.7 Å². The predicted octanol–water partition coefficient (Wildman–Crippen LogP) is 6.20. The number of carbonyl (C=O) groups excluding carboxylic acids is 2. The summed E-state index contributed by atoms with van der Waals surface area (Å²) in [7, 11) is 0. The minimum absolute atomic E-state index is 0.0751. The van der Waals surface area contributed by atoms with E-state index in [1.807, 2.05) is 6.07 Å². The van der Waals surface area contributed by atoms with Gasteiger partial charge in [-0.3, -0.25) is 4.79 Å². The van der Waals surface area contributed by atoms with Crippen LogP contribution in [0, 0.1) is 0 Å². The van der Waals surface area contributed by atoms with Gasteiger partial charge < -0.3 is 9.47 Å². The number of pyridine rings is 1. The number of para-hydroxylation sites is 1. The van der Waals surface area contributed by atoms with Crippen LogP contribution < -0.4 is 4.74 Å². The molecule has 1 aromatic heterocycles. The molecule has 4 rings (SSSR count). The fraction of sp³-hybridized carbons (Fsp3) is 0.0800. The summed E-state index contributed by atoms with van der Waals surface area (Å²) < 4.78 is 34.0. The molecule has 0 fully saturated rings. The fourth-order valence-corrected chi connectivity index (χ4v) is 3.50. The van der Waals surface area contributed by atoms with Crippen molar-refractivity contribution in [3.8, 4) is 17.0 Å². The molecule has 33 heavy (non-hydrogen) atoms. The molecule has 0 aliphatic rings. The Labute approximate surface area is 192 Å².